The number of hydrogen-bond donors (Lipinski definition) is 1. The molecule has 1 heterocycles. The molecule has 1 aromatic carbocycles. The van der Waals surface area contributed by atoms with Crippen LogP contribution in [-0.2, 0) is 6.42 Å². The standard InChI is InChI=1S/C14H20BrNO/c1-11-9-14(17,7-8-16(11)2)10-12-3-5-13(15)6-4-12/h3-6,11,17H,7-10H2,1-2H3. The van der Waals surface area contributed by atoms with Crippen LogP contribution < -0.4 is 0 Å². The van der Waals surface area contributed by atoms with Crippen molar-refractivity contribution >= 4 is 15.9 Å². The summed E-state index contributed by atoms with van der Waals surface area (Å²) in [6.07, 6.45) is 2.49. The molecule has 2 unspecified atom stereocenters. The summed E-state index contributed by atoms with van der Waals surface area (Å²) in [5, 5.41) is 10.6. The molecule has 0 amide bonds. The van der Waals surface area contributed by atoms with E-state index in [9.17, 15) is 5.11 Å². The number of aliphatic hydroxyl groups is 1. The Morgan fingerprint density at radius 3 is 2.65 bits per heavy atom. The van der Waals surface area contributed by atoms with Crippen LogP contribution in [0.5, 0.6) is 0 Å². The van der Waals surface area contributed by atoms with E-state index in [1.165, 1.54) is 5.56 Å². The molecule has 0 radical (unpaired) electrons. The van der Waals surface area contributed by atoms with Crippen molar-refractivity contribution in [1.29, 1.82) is 0 Å². The number of halogens is 1. The first-order valence-corrected chi connectivity index (χ1v) is 6.95. The second-order valence-electron chi connectivity index (χ2n) is 5.31. The largest absolute Gasteiger partial charge is 0.389 e. The average molecular weight is 298 g/mol. The molecule has 1 fully saturated rings. The van der Waals surface area contributed by atoms with Crippen molar-refractivity contribution in [3.05, 3.63) is 34.3 Å². The number of likely N-dealkylation sites (tertiary alicyclic amines) is 1. The van der Waals surface area contributed by atoms with Crippen LogP contribution in [0.3, 0.4) is 0 Å². The van der Waals surface area contributed by atoms with Gasteiger partial charge in [-0.2, -0.15) is 0 Å². The lowest BCUT2D eigenvalue weighted by Crippen LogP contribution is -2.48. The van der Waals surface area contributed by atoms with Crippen LogP contribution in [0.15, 0.2) is 28.7 Å². The summed E-state index contributed by atoms with van der Waals surface area (Å²) in [6, 6.07) is 8.72. The molecule has 0 aliphatic carbocycles. The third-order valence-corrected chi connectivity index (χ3v) is 4.33. The molecule has 2 atom stereocenters. The third kappa shape index (κ3) is 3.30. The normalized spacial score (nSPS) is 30.5. The zero-order chi connectivity index (χ0) is 12.5. The fraction of sp³-hybridized carbons (Fsp3) is 0.571. The Bertz CT molecular complexity index is 378. The van der Waals surface area contributed by atoms with Crippen molar-refractivity contribution < 1.29 is 5.11 Å². The molecule has 1 aromatic rings. The van der Waals surface area contributed by atoms with E-state index in [2.05, 4.69) is 46.9 Å². The van der Waals surface area contributed by atoms with Gasteiger partial charge in [-0.1, -0.05) is 28.1 Å². The van der Waals surface area contributed by atoms with E-state index in [1.807, 2.05) is 12.1 Å². The molecule has 2 nitrogen and oxygen atoms in total. The van der Waals surface area contributed by atoms with Gasteiger partial charge in [-0.05, 0) is 44.5 Å². The number of nitrogens with zero attached hydrogens (tertiary/aromatic N) is 1. The van der Waals surface area contributed by atoms with Crippen molar-refractivity contribution in [1.82, 2.24) is 4.90 Å². The van der Waals surface area contributed by atoms with Gasteiger partial charge in [0.05, 0.1) is 5.60 Å². The maximum absolute atomic E-state index is 10.6. The van der Waals surface area contributed by atoms with E-state index in [4.69, 9.17) is 0 Å². The highest BCUT2D eigenvalue weighted by Gasteiger charge is 2.34. The van der Waals surface area contributed by atoms with Crippen LogP contribution in [0.4, 0.5) is 0 Å². The Morgan fingerprint density at radius 1 is 1.41 bits per heavy atom. The highest BCUT2D eigenvalue weighted by Crippen LogP contribution is 2.29. The van der Waals surface area contributed by atoms with E-state index in [1.54, 1.807) is 0 Å². The van der Waals surface area contributed by atoms with E-state index in [0.29, 0.717) is 6.04 Å². The molecule has 1 saturated heterocycles. The van der Waals surface area contributed by atoms with Crippen molar-refractivity contribution in [2.24, 2.45) is 0 Å². The van der Waals surface area contributed by atoms with Gasteiger partial charge in [-0.25, -0.2) is 0 Å². The molecule has 0 spiro atoms. The molecule has 0 aromatic heterocycles. The zero-order valence-corrected chi connectivity index (χ0v) is 12.1. The Balaban J connectivity index is 2.05. The molecule has 1 aliphatic rings. The molecule has 1 N–H and O–H groups in total. The fourth-order valence-electron chi connectivity index (χ4n) is 2.56. The van der Waals surface area contributed by atoms with Crippen LogP contribution in [0.1, 0.15) is 25.3 Å². The molecule has 3 heteroatoms. The van der Waals surface area contributed by atoms with Gasteiger partial charge in [0.15, 0.2) is 0 Å². The maximum atomic E-state index is 10.6. The average Bonchev–Trinajstić information content (AvgIpc) is 2.28. The maximum Gasteiger partial charge on any atom is 0.0714 e. The van der Waals surface area contributed by atoms with Crippen molar-refractivity contribution in [2.45, 2.75) is 37.8 Å². The number of benzene rings is 1. The molecule has 1 aliphatic heterocycles. The summed E-state index contributed by atoms with van der Waals surface area (Å²) < 4.78 is 1.09. The van der Waals surface area contributed by atoms with Crippen LogP contribution in [0, 0.1) is 0 Å². The minimum Gasteiger partial charge on any atom is -0.389 e. The molecule has 17 heavy (non-hydrogen) atoms. The summed E-state index contributed by atoms with van der Waals surface area (Å²) >= 11 is 3.43. The van der Waals surface area contributed by atoms with Crippen LogP contribution >= 0.6 is 15.9 Å². The lowest BCUT2D eigenvalue weighted by molar-refractivity contribution is -0.0353. The van der Waals surface area contributed by atoms with E-state index in [0.717, 1.165) is 30.3 Å². The first-order valence-electron chi connectivity index (χ1n) is 6.16. The highest BCUT2D eigenvalue weighted by molar-refractivity contribution is 9.10. The van der Waals surface area contributed by atoms with Crippen LogP contribution in [-0.4, -0.2) is 35.2 Å². The second kappa shape index (κ2) is 5.09. The predicted molar refractivity (Wildman–Crippen MR) is 74.1 cm³/mol. The lowest BCUT2D eigenvalue weighted by atomic mass is 9.82. The van der Waals surface area contributed by atoms with E-state index < -0.39 is 5.60 Å². The van der Waals surface area contributed by atoms with Gasteiger partial charge >= 0.3 is 0 Å². The van der Waals surface area contributed by atoms with Gasteiger partial charge in [0.1, 0.15) is 0 Å². The predicted octanol–water partition coefficient (Wildman–Crippen LogP) is 2.84. The monoisotopic (exact) mass is 297 g/mol. The van der Waals surface area contributed by atoms with Crippen LogP contribution in [0.2, 0.25) is 0 Å². The Kier molecular flexibility index (Phi) is 3.91. The van der Waals surface area contributed by atoms with Gasteiger partial charge in [0.2, 0.25) is 0 Å². The minimum absolute atomic E-state index is 0.462. The molecule has 94 valence electrons. The molecular weight excluding hydrogens is 278 g/mol. The highest BCUT2D eigenvalue weighted by atomic mass is 79.9. The molecular formula is C14H20BrNO. The number of rotatable bonds is 2. The lowest BCUT2D eigenvalue weighted by Gasteiger charge is -2.41. The first-order chi connectivity index (χ1) is 7.98. The summed E-state index contributed by atoms with van der Waals surface area (Å²) in [6.45, 7) is 3.17. The van der Waals surface area contributed by atoms with Gasteiger partial charge in [0, 0.05) is 23.5 Å². The first kappa shape index (κ1) is 13.1. The third-order valence-electron chi connectivity index (χ3n) is 3.80. The Labute approximate surface area is 112 Å². The van der Waals surface area contributed by atoms with Crippen LogP contribution in [0.25, 0.3) is 0 Å². The second-order valence-corrected chi connectivity index (χ2v) is 6.23. The zero-order valence-electron chi connectivity index (χ0n) is 10.5. The SMILES string of the molecule is CC1CC(O)(Cc2ccc(Br)cc2)CCN1C. The van der Waals surface area contributed by atoms with E-state index >= 15 is 0 Å². The Hall–Kier alpha value is -0.380. The summed E-state index contributed by atoms with van der Waals surface area (Å²) in [5.41, 5.74) is 0.687. The van der Waals surface area contributed by atoms with Crippen molar-refractivity contribution in [3.8, 4) is 0 Å². The molecule has 0 bridgehead atoms. The number of hydrogen-bond acceptors (Lipinski definition) is 2. The van der Waals surface area contributed by atoms with Gasteiger partial charge < -0.3 is 10.0 Å². The van der Waals surface area contributed by atoms with Gasteiger partial charge in [-0.3, -0.25) is 0 Å². The summed E-state index contributed by atoms with van der Waals surface area (Å²) in [7, 11) is 2.13. The van der Waals surface area contributed by atoms with E-state index in [-0.39, 0.29) is 0 Å². The minimum atomic E-state index is -0.528. The molecule has 0 saturated carbocycles. The summed E-state index contributed by atoms with van der Waals surface area (Å²) in [4.78, 5) is 2.32. The topological polar surface area (TPSA) is 23.5 Å². The number of piperidine rings is 1. The fourth-order valence-corrected chi connectivity index (χ4v) is 2.82. The quantitative estimate of drug-likeness (QED) is 0.907. The van der Waals surface area contributed by atoms with Crippen molar-refractivity contribution in [3.63, 3.8) is 0 Å². The van der Waals surface area contributed by atoms with Crippen molar-refractivity contribution in [2.75, 3.05) is 13.6 Å². The van der Waals surface area contributed by atoms with Gasteiger partial charge in [0.25, 0.3) is 0 Å². The summed E-state index contributed by atoms with van der Waals surface area (Å²) in [5.74, 6) is 0. The smallest absolute Gasteiger partial charge is 0.0714 e. The molecule has 2 rings (SSSR count). The Morgan fingerprint density at radius 2 is 2.06 bits per heavy atom. The van der Waals surface area contributed by atoms with Gasteiger partial charge in [-0.15, -0.1) is 0 Å².